The van der Waals surface area contributed by atoms with E-state index < -0.39 is 6.04 Å². The van der Waals surface area contributed by atoms with Crippen molar-refractivity contribution in [3.8, 4) is 0 Å². The van der Waals surface area contributed by atoms with Crippen LogP contribution >= 0.6 is 0 Å². The Balaban J connectivity index is 2.55. The molecule has 0 aromatic heterocycles. The minimum absolute atomic E-state index is 0.0220. The lowest BCUT2D eigenvalue weighted by atomic mass is 10.1. The molecular weight excluding hydrogens is 174 g/mol. The molecular formula is C8H15NO4. The molecule has 0 spiro atoms. The summed E-state index contributed by atoms with van der Waals surface area (Å²) in [5.41, 5.74) is 0. The molecule has 0 aromatic carbocycles. The highest BCUT2D eigenvalue weighted by molar-refractivity contribution is 5.79. The fraction of sp³-hybridized carbons (Fsp3) is 0.875. The zero-order chi connectivity index (χ0) is 9.84. The van der Waals surface area contributed by atoms with E-state index in [0.29, 0.717) is 13.0 Å². The van der Waals surface area contributed by atoms with Gasteiger partial charge in [0.05, 0.1) is 19.3 Å². The van der Waals surface area contributed by atoms with Crippen LogP contribution in [0.3, 0.4) is 0 Å². The monoisotopic (exact) mass is 189 g/mol. The number of nitrogens with zero attached hydrogens (tertiary/aromatic N) is 1. The SMILES string of the molecule is O=C1CC(CO)CN1C(CO)CO. The molecule has 1 saturated heterocycles. The quantitative estimate of drug-likeness (QED) is 0.486. The second-order valence-corrected chi connectivity index (χ2v) is 3.32. The van der Waals surface area contributed by atoms with E-state index in [4.69, 9.17) is 15.3 Å². The van der Waals surface area contributed by atoms with Crippen molar-refractivity contribution >= 4 is 5.91 Å². The van der Waals surface area contributed by atoms with Gasteiger partial charge in [0.15, 0.2) is 0 Å². The number of aliphatic hydroxyl groups is 3. The van der Waals surface area contributed by atoms with E-state index in [1.165, 1.54) is 4.90 Å². The molecule has 1 aliphatic heterocycles. The number of likely N-dealkylation sites (tertiary alicyclic amines) is 1. The summed E-state index contributed by atoms with van der Waals surface area (Å²) in [6.07, 6.45) is 0.312. The van der Waals surface area contributed by atoms with Crippen LogP contribution in [-0.2, 0) is 4.79 Å². The predicted octanol–water partition coefficient (Wildman–Crippen LogP) is -1.82. The first-order chi connectivity index (χ1) is 6.22. The first-order valence-electron chi connectivity index (χ1n) is 4.35. The molecule has 13 heavy (non-hydrogen) atoms. The van der Waals surface area contributed by atoms with Crippen molar-refractivity contribution in [3.63, 3.8) is 0 Å². The summed E-state index contributed by atoms with van der Waals surface area (Å²) in [5.74, 6) is -0.153. The predicted molar refractivity (Wildman–Crippen MR) is 44.9 cm³/mol. The van der Waals surface area contributed by atoms with Crippen LogP contribution in [0.25, 0.3) is 0 Å². The number of carbonyl (C=O) groups excluding carboxylic acids is 1. The van der Waals surface area contributed by atoms with Crippen LogP contribution in [0, 0.1) is 5.92 Å². The Morgan fingerprint density at radius 2 is 2.00 bits per heavy atom. The van der Waals surface area contributed by atoms with Gasteiger partial charge in [-0.25, -0.2) is 0 Å². The first-order valence-corrected chi connectivity index (χ1v) is 4.35. The van der Waals surface area contributed by atoms with E-state index in [2.05, 4.69) is 0 Å². The highest BCUT2D eigenvalue weighted by Gasteiger charge is 2.33. The first kappa shape index (κ1) is 10.4. The maximum Gasteiger partial charge on any atom is 0.223 e. The summed E-state index contributed by atoms with van der Waals surface area (Å²) >= 11 is 0. The van der Waals surface area contributed by atoms with Crippen molar-refractivity contribution in [2.45, 2.75) is 12.5 Å². The fourth-order valence-electron chi connectivity index (χ4n) is 1.54. The molecule has 5 heteroatoms. The van der Waals surface area contributed by atoms with E-state index >= 15 is 0 Å². The van der Waals surface area contributed by atoms with Gasteiger partial charge >= 0.3 is 0 Å². The molecule has 0 saturated carbocycles. The molecule has 1 unspecified atom stereocenters. The van der Waals surface area contributed by atoms with Gasteiger partial charge in [-0.15, -0.1) is 0 Å². The molecule has 0 radical (unpaired) electrons. The molecule has 1 fully saturated rings. The van der Waals surface area contributed by atoms with Crippen LogP contribution in [0.5, 0.6) is 0 Å². The maximum atomic E-state index is 11.3. The van der Waals surface area contributed by atoms with Gasteiger partial charge < -0.3 is 20.2 Å². The van der Waals surface area contributed by atoms with Crippen LogP contribution in [-0.4, -0.2) is 58.5 Å². The number of aliphatic hydroxyl groups excluding tert-OH is 3. The van der Waals surface area contributed by atoms with E-state index in [0.717, 1.165) is 0 Å². The van der Waals surface area contributed by atoms with Gasteiger partial charge in [-0.2, -0.15) is 0 Å². The van der Waals surface area contributed by atoms with E-state index in [9.17, 15) is 4.79 Å². The van der Waals surface area contributed by atoms with Crippen molar-refractivity contribution in [1.82, 2.24) is 4.90 Å². The summed E-state index contributed by atoms with van der Waals surface area (Å²) < 4.78 is 0. The van der Waals surface area contributed by atoms with Crippen molar-refractivity contribution < 1.29 is 20.1 Å². The smallest absolute Gasteiger partial charge is 0.223 e. The molecule has 1 rings (SSSR count). The fourth-order valence-corrected chi connectivity index (χ4v) is 1.54. The van der Waals surface area contributed by atoms with Crippen LogP contribution < -0.4 is 0 Å². The molecule has 76 valence electrons. The van der Waals surface area contributed by atoms with Gasteiger partial charge in [-0.3, -0.25) is 4.79 Å². The van der Waals surface area contributed by atoms with Crippen molar-refractivity contribution in [2.24, 2.45) is 5.92 Å². The van der Waals surface area contributed by atoms with Crippen LogP contribution in [0.15, 0.2) is 0 Å². The van der Waals surface area contributed by atoms with Gasteiger partial charge in [-0.05, 0) is 0 Å². The van der Waals surface area contributed by atoms with E-state index in [-0.39, 0.29) is 31.6 Å². The maximum absolute atomic E-state index is 11.3. The Morgan fingerprint density at radius 3 is 2.38 bits per heavy atom. The lowest BCUT2D eigenvalue weighted by molar-refractivity contribution is -0.131. The third kappa shape index (κ3) is 2.18. The summed E-state index contributed by atoms with van der Waals surface area (Å²) in [7, 11) is 0. The number of amides is 1. The number of hydrogen-bond donors (Lipinski definition) is 3. The zero-order valence-corrected chi connectivity index (χ0v) is 7.39. The zero-order valence-electron chi connectivity index (χ0n) is 7.39. The lowest BCUT2D eigenvalue weighted by Gasteiger charge is -2.24. The summed E-state index contributed by atoms with van der Waals surface area (Å²) in [4.78, 5) is 12.7. The third-order valence-corrected chi connectivity index (χ3v) is 2.36. The Bertz CT molecular complexity index is 181. The summed E-state index contributed by atoms with van der Waals surface area (Å²) in [5, 5.41) is 26.5. The van der Waals surface area contributed by atoms with Crippen molar-refractivity contribution in [1.29, 1.82) is 0 Å². The molecule has 1 amide bonds. The average molecular weight is 189 g/mol. The highest BCUT2D eigenvalue weighted by atomic mass is 16.3. The number of carbonyl (C=O) groups is 1. The minimum Gasteiger partial charge on any atom is -0.396 e. The molecule has 3 N–H and O–H groups in total. The lowest BCUT2D eigenvalue weighted by Crippen LogP contribution is -2.41. The van der Waals surface area contributed by atoms with Crippen molar-refractivity contribution in [3.05, 3.63) is 0 Å². The highest BCUT2D eigenvalue weighted by Crippen LogP contribution is 2.19. The second-order valence-electron chi connectivity index (χ2n) is 3.32. The van der Waals surface area contributed by atoms with Crippen LogP contribution in [0.2, 0.25) is 0 Å². The molecule has 0 bridgehead atoms. The topological polar surface area (TPSA) is 81.0 Å². The molecule has 0 aliphatic carbocycles. The van der Waals surface area contributed by atoms with Gasteiger partial charge in [0.1, 0.15) is 0 Å². The third-order valence-electron chi connectivity index (χ3n) is 2.36. The number of hydrogen-bond acceptors (Lipinski definition) is 4. The molecule has 1 aliphatic rings. The number of rotatable bonds is 4. The Kier molecular flexibility index (Phi) is 3.65. The standard InChI is InChI=1S/C8H15NO4/c10-3-6-1-8(13)9(2-6)7(4-11)5-12/h6-7,10-12H,1-5H2. The minimum atomic E-state index is -0.510. The Hall–Kier alpha value is -0.650. The summed E-state index contributed by atoms with van der Waals surface area (Å²) in [6.45, 7) is -0.0618. The van der Waals surface area contributed by atoms with Gasteiger partial charge in [0.2, 0.25) is 5.91 Å². The van der Waals surface area contributed by atoms with Gasteiger partial charge in [0, 0.05) is 25.5 Å². The van der Waals surface area contributed by atoms with E-state index in [1.807, 2.05) is 0 Å². The van der Waals surface area contributed by atoms with E-state index in [1.54, 1.807) is 0 Å². The van der Waals surface area contributed by atoms with Crippen molar-refractivity contribution in [2.75, 3.05) is 26.4 Å². The molecule has 1 heterocycles. The second kappa shape index (κ2) is 4.55. The largest absolute Gasteiger partial charge is 0.396 e. The Morgan fingerprint density at radius 1 is 1.38 bits per heavy atom. The van der Waals surface area contributed by atoms with Crippen LogP contribution in [0.1, 0.15) is 6.42 Å². The normalized spacial score (nSPS) is 23.2. The van der Waals surface area contributed by atoms with Crippen LogP contribution in [0.4, 0.5) is 0 Å². The molecule has 5 nitrogen and oxygen atoms in total. The van der Waals surface area contributed by atoms with Gasteiger partial charge in [-0.1, -0.05) is 0 Å². The average Bonchev–Trinajstić information content (AvgIpc) is 2.50. The van der Waals surface area contributed by atoms with Gasteiger partial charge in [0.25, 0.3) is 0 Å². The Labute approximate surface area is 76.6 Å². The summed E-state index contributed by atoms with van der Waals surface area (Å²) in [6, 6.07) is -0.510. The molecule has 1 atom stereocenters. The molecule has 0 aromatic rings.